The van der Waals surface area contributed by atoms with Gasteiger partial charge in [0, 0.05) is 11.5 Å². The Morgan fingerprint density at radius 2 is 2.00 bits per heavy atom. The van der Waals surface area contributed by atoms with Crippen molar-refractivity contribution in [3.05, 3.63) is 0 Å². The molecule has 0 aliphatic rings. The fraction of sp³-hybridized carbons (Fsp3) is 0.833. The van der Waals surface area contributed by atoms with E-state index in [1.165, 1.54) is 21.6 Å². The predicted molar refractivity (Wildman–Crippen MR) is 52.2 cm³/mol. The lowest BCUT2D eigenvalue weighted by Crippen LogP contribution is -2.30. The zero-order chi connectivity index (χ0) is 9.40. The van der Waals surface area contributed by atoms with Crippen LogP contribution in [0.2, 0.25) is 0 Å². The van der Waals surface area contributed by atoms with E-state index in [-0.39, 0.29) is 6.61 Å². The first-order valence-corrected chi connectivity index (χ1v) is 6.01. The summed E-state index contributed by atoms with van der Waals surface area (Å²) in [5.74, 6) is 0.424. The average molecular weight is 211 g/mol. The molecule has 0 amide bonds. The minimum Gasteiger partial charge on any atom is -0.480 e. The topological polar surface area (TPSA) is 83.5 Å². The highest BCUT2D eigenvalue weighted by Crippen LogP contribution is 2.21. The number of nitrogens with two attached hydrogens (primary N) is 1. The molecule has 0 aromatic rings. The summed E-state index contributed by atoms with van der Waals surface area (Å²) >= 11 is 0. The van der Waals surface area contributed by atoms with Gasteiger partial charge in [-0.25, -0.2) is 0 Å². The molecule has 0 aliphatic heterocycles. The van der Waals surface area contributed by atoms with Crippen molar-refractivity contribution in [2.75, 3.05) is 18.1 Å². The highest BCUT2D eigenvalue weighted by atomic mass is 33.1. The van der Waals surface area contributed by atoms with Crippen molar-refractivity contribution in [1.82, 2.24) is 0 Å². The number of rotatable bonds is 7. The van der Waals surface area contributed by atoms with Crippen molar-refractivity contribution in [3.63, 3.8) is 0 Å². The zero-order valence-electron chi connectivity index (χ0n) is 6.60. The molecule has 4 N–H and O–H groups in total. The van der Waals surface area contributed by atoms with Gasteiger partial charge in [-0.3, -0.25) is 4.79 Å². The Hall–Kier alpha value is 0.0900. The Morgan fingerprint density at radius 1 is 1.42 bits per heavy atom. The summed E-state index contributed by atoms with van der Waals surface area (Å²) in [7, 11) is 3.06. The zero-order valence-corrected chi connectivity index (χ0v) is 8.24. The largest absolute Gasteiger partial charge is 0.480 e. The van der Waals surface area contributed by atoms with Gasteiger partial charge in [0.25, 0.3) is 0 Å². The third-order valence-corrected chi connectivity index (χ3v) is 3.51. The van der Waals surface area contributed by atoms with Gasteiger partial charge >= 0.3 is 5.97 Å². The number of aliphatic carboxylic acids is 1. The third kappa shape index (κ3) is 6.78. The SMILES string of the molecule is N[C@@H](CCSSCCO)C(=O)O. The van der Waals surface area contributed by atoms with Gasteiger partial charge in [0.1, 0.15) is 6.04 Å². The molecule has 0 fully saturated rings. The second-order valence-electron chi connectivity index (χ2n) is 2.10. The van der Waals surface area contributed by atoms with Gasteiger partial charge in [-0.1, -0.05) is 21.6 Å². The number of carboxylic acid groups (broad SMARTS) is 1. The van der Waals surface area contributed by atoms with Crippen molar-refractivity contribution in [2.45, 2.75) is 12.5 Å². The summed E-state index contributed by atoms with van der Waals surface area (Å²) in [5, 5.41) is 16.8. The van der Waals surface area contributed by atoms with E-state index < -0.39 is 12.0 Å². The minimum absolute atomic E-state index is 0.155. The Balaban J connectivity index is 3.14. The summed E-state index contributed by atoms with van der Waals surface area (Å²) in [6.45, 7) is 0.155. The Morgan fingerprint density at radius 3 is 2.50 bits per heavy atom. The molecular formula is C6H13NO3S2. The molecule has 0 radical (unpaired) electrons. The summed E-state index contributed by atoms with van der Waals surface area (Å²) < 4.78 is 0. The van der Waals surface area contributed by atoms with E-state index in [1.54, 1.807) is 0 Å². The van der Waals surface area contributed by atoms with Gasteiger partial charge in [-0.05, 0) is 6.42 Å². The number of aliphatic hydroxyl groups is 1. The van der Waals surface area contributed by atoms with E-state index in [9.17, 15) is 4.79 Å². The van der Waals surface area contributed by atoms with Crippen LogP contribution in [0.25, 0.3) is 0 Å². The fourth-order valence-corrected chi connectivity index (χ4v) is 2.33. The van der Waals surface area contributed by atoms with E-state index in [2.05, 4.69) is 0 Å². The molecule has 1 atom stereocenters. The van der Waals surface area contributed by atoms with Gasteiger partial charge in [0.2, 0.25) is 0 Å². The molecule has 0 saturated heterocycles. The van der Waals surface area contributed by atoms with E-state index in [0.29, 0.717) is 17.9 Å². The Labute approximate surface area is 79.3 Å². The Kier molecular flexibility index (Phi) is 7.78. The number of carboxylic acids is 1. The summed E-state index contributed by atoms with van der Waals surface area (Å²) in [6, 6.07) is -0.757. The first kappa shape index (κ1) is 12.1. The predicted octanol–water partition coefficient (Wildman–Crippen LogP) is 0.162. The van der Waals surface area contributed by atoms with Crippen LogP contribution in [0, 0.1) is 0 Å². The van der Waals surface area contributed by atoms with Crippen molar-refractivity contribution in [3.8, 4) is 0 Å². The lowest BCUT2D eigenvalue weighted by Gasteiger charge is -2.04. The second kappa shape index (κ2) is 7.72. The molecule has 12 heavy (non-hydrogen) atoms. The molecule has 72 valence electrons. The van der Waals surface area contributed by atoms with Crippen LogP contribution in [0.4, 0.5) is 0 Å². The molecule has 4 nitrogen and oxygen atoms in total. The number of hydrogen-bond donors (Lipinski definition) is 3. The molecule has 6 heteroatoms. The lowest BCUT2D eigenvalue weighted by atomic mass is 10.2. The van der Waals surface area contributed by atoms with Gasteiger partial charge in [0.15, 0.2) is 0 Å². The maximum Gasteiger partial charge on any atom is 0.320 e. The van der Waals surface area contributed by atoms with Crippen LogP contribution in [0.15, 0.2) is 0 Å². The van der Waals surface area contributed by atoms with Crippen LogP contribution in [-0.4, -0.2) is 40.3 Å². The molecule has 0 aromatic heterocycles. The molecule has 0 aliphatic carbocycles. The van der Waals surface area contributed by atoms with Gasteiger partial charge in [0.05, 0.1) is 6.61 Å². The van der Waals surface area contributed by atoms with Crippen LogP contribution in [-0.2, 0) is 4.79 Å². The van der Waals surface area contributed by atoms with Crippen LogP contribution >= 0.6 is 21.6 Å². The highest BCUT2D eigenvalue weighted by molar-refractivity contribution is 8.76. The first-order chi connectivity index (χ1) is 5.68. The van der Waals surface area contributed by atoms with Crippen LogP contribution < -0.4 is 5.73 Å². The number of aliphatic hydroxyl groups excluding tert-OH is 1. The monoisotopic (exact) mass is 211 g/mol. The number of hydrogen-bond acceptors (Lipinski definition) is 5. The molecule has 0 spiro atoms. The molecule has 0 saturated carbocycles. The van der Waals surface area contributed by atoms with Crippen molar-refractivity contribution in [2.24, 2.45) is 5.73 Å². The van der Waals surface area contributed by atoms with Gasteiger partial charge < -0.3 is 15.9 Å². The third-order valence-electron chi connectivity index (χ3n) is 1.09. The van der Waals surface area contributed by atoms with Crippen LogP contribution in [0.5, 0.6) is 0 Å². The van der Waals surface area contributed by atoms with E-state index in [4.69, 9.17) is 15.9 Å². The van der Waals surface area contributed by atoms with E-state index in [0.717, 1.165) is 0 Å². The van der Waals surface area contributed by atoms with E-state index >= 15 is 0 Å². The first-order valence-electron chi connectivity index (χ1n) is 3.52. The lowest BCUT2D eigenvalue weighted by molar-refractivity contribution is -0.138. The number of carbonyl (C=O) groups is 1. The summed E-state index contributed by atoms with van der Waals surface area (Å²) in [6.07, 6.45) is 0.471. The van der Waals surface area contributed by atoms with Crippen molar-refractivity contribution >= 4 is 27.6 Å². The fourth-order valence-electron chi connectivity index (χ4n) is 0.454. The molecule has 0 aromatic carbocycles. The molecule has 0 heterocycles. The van der Waals surface area contributed by atoms with E-state index in [1.807, 2.05) is 0 Å². The maximum atomic E-state index is 10.2. The standard InChI is InChI=1S/C6H13NO3S2/c7-5(6(9)10)1-3-11-12-4-2-8/h5,8H,1-4,7H2,(H,9,10)/t5-/m0/s1. The maximum absolute atomic E-state index is 10.2. The molecule has 0 rings (SSSR count). The van der Waals surface area contributed by atoms with Crippen molar-refractivity contribution < 1.29 is 15.0 Å². The summed E-state index contributed by atoms with van der Waals surface area (Å²) in [4.78, 5) is 10.2. The van der Waals surface area contributed by atoms with Crippen LogP contribution in [0.3, 0.4) is 0 Å². The van der Waals surface area contributed by atoms with Gasteiger partial charge in [-0.15, -0.1) is 0 Å². The Bertz CT molecular complexity index is 134. The smallest absolute Gasteiger partial charge is 0.320 e. The van der Waals surface area contributed by atoms with Crippen molar-refractivity contribution in [1.29, 1.82) is 0 Å². The van der Waals surface area contributed by atoms with Crippen LogP contribution in [0.1, 0.15) is 6.42 Å². The molecular weight excluding hydrogens is 198 g/mol. The van der Waals surface area contributed by atoms with Gasteiger partial charge in [-0.2, -0.15) is 0 Å². The minimum atomic E-state index is -0.956. The average Bonchev–Trinajstić information content (AvgIpc) is 2.03. The normalized spacial score (nSPS) is 12.8. The molecule has 0 unspecified atom stereocenters. The summed E-state index contributed by atoms with van der Waals surface area (Å²) in [5.41, 5.74) is 5.26. The quantitative estimate of drug-likeness (QED) is 0.411. The second-order valence-corrected chi connectivity index (χ2v) is 4.80. The molecule has 0 bridgehead atoms. The highest BCUT2D eigenvalue weighted by Gasteiger charge is 2.09.